The van der Waals surface area contributed by atoms with Gasteiger partial charge in [0.25, 0.3) is 0 Å². The van der Waals surface area contributed by atoms with Crippen molar-refractivity contribution in [2.75, 3.05) is 0 Å². The molecule has 0 radical (unpaired) electrons. The molecule has 1 atom stereocenters. The molecule has 0 saturated heterocycles. The van der Waals surface area contributed by atoms with Crippen LogP contribution < -0.4 is 0 Å². The molecule has 6 heteroatoms. The number of aliphatic carboxylic acids is 1. The van der Waals surface area contributed by atoms with Crippen LogP contribution in [-0.4, -0.2) is 25.8 Å². The summed E-state index contributed by atoms with van der Waals surface area (Å²) >= 11 is 0. The van der Waals surface area contributed by atoms with E-state index >= 15 is 0 Å². The molecule has 0 spiro atoms. The monoisotopic (exact) mass is 275 g/mol. The van der Waals surface area contributed by atoms with Crippen molar-refractivity contribution in [2.45, 2.75) is 25.8 Å². The summed E-state index contributed by atoms with van der Waals surface area (Å²) in [5, 5.41) is 17.3. The number of nitrogens with zero attached hydrogens (tertiary/aromatic N) is 3. The number of aromatic nitrogens is 3. The van der Waals surface area contributed by atoms with E-state index in [2.05, 4.69) is 10.2 Å². The van der Waals surface area contributed by atoms with Gasteiger partial charge in [0, 0.05) is 19.4 Å². The zero-order chi connectivity index (χ0) is 14.1. The number of halogens is 1. The van der Waals surface area contributed by atoms with Gasteiger partial charge in [-0.15, -0.1) is 10.2 Å². The predicted octanol–water partition coefficient (Wildman–Crippen LogP) is 1.66. The van der Waals surface area contributed by atoms with Gasteiger partial charge in [-0.3, -0.25) is 4.79 Å². The third kappa shape index (κ3) is 2.41. The van der Waals surface area contributed by atoms with Crippen molar-refractivity contribution in [3.05, 3.63) is 47.3 Å². The molecule has 2 aromatic rings. The Morgan fingerprint density at radius 1 is 1.45 bits per heavy atom. The van der Waals surface area contributed by atoms with Crippen LogP contribution in [0.25, 0.3) is 0 Å². The van der Waals surface area contributed by atoms with Gasteiger partial charge in [0.15, 0.2) is 0 Å². The largest absolute Gasteiger partial charge is 0.481 e. The summed E-state index contributed by atoms with van der Waals surface area (Å²) in [5.41, 5.74) is 0.803. The number of aryl methyl sites for hydroxylation is 1. The SMILES string of the molecule is O=C(O)C1CCc2nnc(Cc3cccc(F)c3)n2C1. The first-order valence-corrected chi connectivity index (χ1v) is 6.51. The molecule has 5 nitrogen and oxygen atoms in total. The van der Waals surface area contributed by atoms with Crippen LogP contribution in [0.4, 0.5) is 4.39 Å². The van der Waals surface area contributed by atoms with E-state index in [0.29, 0.717) is 31.6 Å². The van der Waals surface area contributed by atoms with Gasteiger partial charge in [-0.2, -0.15) is 0 Å². The summed E-state index contributed by atoms with van der Waals surface area (Å²) in [7, 11) is 0. The maximum absolute atomic E-state index is 13.2. The smallest absolute Gasteiger partial charge is 0.308 e. The van der Waals surface area contributed by atoms with E-state index in [9.17, 15) is 9.18 Å². The van der Waals surface area contributed by atoms with Crippen molar-refractivity contribution in [2.24, 2.45) is 5.92 Å². The van der Waals surface area contributed by atoms with Crippen LogP contribution in [0, 0.1) is 11.7 Å². The quantitative estimate of drug-likeness (QED) is 0.925. The molecule has 0 fully saturated rings. The summed E-state index contributed by atoms with van der Waals surface area (Å²) in [4.78, 5) is 11.1. The predicted molar refractivity (Wildman–Crippen MR) is 68.7 cm³/mol. The maximum atomic E-state index is 13.2. The average molecular weight is 275 g/mol. The fourth-order valence-electron chi connectivity index (χ4n) is 2.54. The zero-order valence-corrected chi connectivity index (χ0v) is 10.8. The lowest BCUT2D eigenvalue weighted by Gasteiger charge is -2.21. The normalized spacial score (nSPS) is 17.8. The van der Waals surface area contributed by atoms with Crippen molar-refractivity contribution in [3.63, 3.8) is 0 Å². The molecule has 1 unspecified atom stereocenters. The molecule has 0 aliphatic carbocycles. The maximum Gasteiger partial charge on any atom is 0.308 e. The molecular weight excluding hydrogens is 261 g/mol. The standard InChI is InChI=1S/C14H14FN3O2/c15-11-3-1-2-9(6-11)7-13-17-16-12-5-4-10(14(19)20)8-18(12)13/h1-3,6,10H,4-5,7-8H2,(H,19,20). The van der Waals surface area contributed by atoms with Gasteiger partial charge in [-0.25, -0.2) is 4.39 Å². The second-order valence-corrected chi connectivity index (χ2v) is 5.02. The van der Waals surface area contributed by atoms with Gasteiger partial charge in [-0.1, -0.05) is 12.1 Å². The zero-order valence-electron chi connectivity index (χ0n) is 10.8. The second kappa shape index (κ2) is 5.03. The lowest BCUT2D eigenvalue weighted by atomic mass is 9.99. The fraction of sp³-hybridized carbons (Fsp3) is 0.357. The Morgan fingerprint density at radius 3 is 3.05 bits per heavy atom. The molecule has 1 aromatic carbocycles. The Kier molecular flexibility index (Phi) is 3.22. The van der Waals surface area contributed by atoms with Crippen molar-refractivity contribution in [3.8, 4) is 0 Å². The first-order valence-electron chi connectivity index (χ1n) is 6.51. The third-order valence-corrected chi connectivity index (χ3v) is 3.62. The second-order valence-electron chi connectivity index (χ2n) is 5.02. The van der Waals surface area contributed by atoms with Crippen LogP contribution in [0.5, 0.6) is 0 Å². The Balaban J connectivity index is 1.86. The van der Waals surface area contributed by atoms with Crippen LogP contribution in [0.1, 0.15) is 23.6 Å². The third-order valence-electron chi connectivity index (χ3n) is 3.62. The van der Waals surface area contributed by atoms with E-state index < -0.39 is 11.9 Å². The summed E-state index contributed by atoms with van der Waals surface area (Å²) < 4.78 is 15.0. The van der Waals surface area contributed by atoms with Crippen LogP contribution >= 0.6 is 0 Å². The Labute approximate surface area is 115 Å². The van der Waals surface area contributed by atoms with E-state index in [0.717, 1.165) is 11.4 Å². The lowest BCUT2D eigenvalue weighted by Crippen LogP contribution is -2.27. The van der Waals surface area contributed by atoms with Crippen LogP contribution in [-0.2, 0) is 24.2 Å². The van der Waals surface area contributed by atoms with Crippen LogP contribution in [0.2, 0.25) is 0 Å². The van der Waals surface area contributed by atoms with Gasteiger partial charge in [-0.05, 0) is 24.1 Å². The Bertz CT molecular complexity index is 654. The summed E-state index contributed by atoms with van der Waals surface area (Å²) in [6.45, 7) is 0.391. The molecule has 1 aliphatic rings. The van der Waals surface area contributed by atoms with Crippen molar-refractivity contribution < 1.29 is 14.3 Å². The van der Waals surface area contributed by atoms with E-state index in [4.69, 9.17) is 5.11 Å². The number of hydrogen-bond acceptors (Lipinski definition) is 3. The first kappa shape index (κ1) is 12.8. The average Bonchev–Trinajstić information content (AvgIpc) is 2.81. The topological polar surface area (TPSA) is 68.0 Å². The number of carboxylic acid groups (broad SMARTS) is 1. The fourth-order valence-corrected chi connectivity index (χ4v) is 2.54. The summed E-state index contributed by atoms with van der Waals surface area (Å²) in [6.07, 6.45) is 1.66. The molecular formula is C14H14FN3O2. The van der Waals surface area contributed by atoms with E-state index in [-0.39, 0.29) is 5.82 Å². The molecule has 20 heavy (non-hydrogen) atoms. The minimum absolute atomic E-state index is 0.288. The van der Waals surface area contributed by atoms with Gasteiger partial charge < -0.3 is 9.67 Å². The lowest BCUT2D eigenvalue weighted by molar-refractivity contribution is -0.142. The van der Waals surface area contributed by atoms with Crippen LogP contribution in [0.15, 0.2) is 24.3 Å². The minimum atomic E-state index is -0.791. The van der Waals surface area contributed by atoms with Crippen molar-refractivity contribution in [1.82, 2.24) is 14.8 Å². The minimum Gasteiger partial charge on any atom is -0.481 e. The number of carbonyl (C=O) groups is 1. The van der Waals surface area contributed by atoms with Gasteiger partial charge in [0.2, 0.25) is 0 Å². The highest BCUT2D eigenvalue weighted by atomic mass is 19.1. The number of fused-ring (bicyclic) bond motifs is 1. The molecule has 104 valence electrons. The van der Waals surface area contributed by atoms with E-state index in [1.807, 2.05) is 10.6 Å². The van der Waals surface area contributed by atoms with Gasteiger partial charge >= 0.3 is 5.97 Å². The molecule has 1 N–H and O–H groups in total. The number of carboxylic acids is 1. The first-order chi connectivity index (χ1) is 9.63. The van der Waals surface area contributed by atoms with Gasteiger partial charge in [0.1, 0.15) is 17.5 Å². The Morgan fingerprint density at radius 2 is 2.30 bits per heavy atom. The number of rotatable bonds is 3. The van der Waals surface area contributed by atoms with Gasteiger partial charge in [0.05, 0.1) is 5.92 Å². The highest BCUT2D eigenvalue weighted by Crippen LogP contribution is 2.21. The molecule has 0 saturated carbocycles. The number of hydrogen-bond donors (Lipinski definition) is 1. The highest BCUT2D eigenvalue weighted by Gasteiger charge is 2.27. The van der Waals surface area contributed by atoms with E-state index in [1.54, 1.807) is 6.07 Å². The van der Waals surface area contributed by atoms with E-state index in [1.165, 1.54) is 12.1 Å². The Hall–Kier alpha value is -2.24. The van der Waals surface area contributed by atoms with Crippen molar-refractivity contribution in [1.29, 1.82) is 0 Å². The highest BCUT2D eigenvalue weighted by molar-refractivity contribution is 5.70. The van der Waals surface area contributed by atoms with Crippen LogP contribution in [0.3, 0.4) is 0 Å². The number of benzene rings is 1. The summed E-state index contributed by atoms with van der Waals surface area (Å²) in [6, 6.07) is 6.32. The molecule has 1 aromatic heterocycles. The molecule has 1 aliphatic heterocycles. The molecule has 0 bridgehead atoms. The molecule has 0 amide bonds. The molecule has 2 heterocycles. The van der Waals surface area contributed by atoms with Crippen molar-refractivity contribution >= 4 is 5.97 Å². The molecule has 3 rings (SSSR count). The summed E-state index contributed by atoms with van der Waals surface area (Å²) in [5.74, 6) is 0.0283.